The van der Waals surface area contributed by atoms with Crippen LogP contribution in [0.1, 0.15) is 55.8 Å². The molecule has 7 nitrogen and oxygen atoms in total. The van der Waals surface area contributed by atoms with Crippen molar-refractivity contribution >= 4 is 23.2 Å². The first-order valence-electron chi connectivity index (χ1n) is 8.34. The van der Waals surface area contributed by atoms with Gasteiger partial charge in [-0.1, -0.05) is 19.8 Å². The number of aromatic nitrogens is 1. The number of hydrogen-bond acceptors (Lipinski definition) is 6. The maximum Gasteiger partial charge on any atom is 0.272 e. The normalized spacial score (nSPS) is 20.0. The fourth-order valence-corrected chi connectivity index (χ4v) is 4.06. The van der Waals surface area contributed by atoms with Gasteiger partial charge in [-0.2, -0.15) is 0 Å². The third-order valence-corrected chi connectivity index (χ3v) is 5.47. The summed E-state index contributed by atoms with van der Waals surface area (Å²) in [6.07, 6.45) is 2.14. The zero-order valence-corrected chi connectivity index (χ0v) is 14.9. The molecule has 1 aromatic heterocycles. The number of hydroxylamine groups is 1. The fourth-order valence-electron chi connectivity index (χ4n) is 3.11. The average Bonchev–Trinajstić information content (AvgIpc) is 3.22. The number of amides is 2. The SMILES string of the molecule is CCCC[C@@H](C(=O)N1CCC[C@H]1c1nc(C)cs1)[C@H](O)C(=O)NO. The molecular weight excluding hydrogens is 330 g/mol. The van der Waals surface area contributed by atoms with E-state index in [0.29, 0.717) is 13.0 Å². The van der Waals surface area contributed by atoms with E-state index in [1.165, 1.54) is 16.8 Å². The maximum atomic E-state index is 13.0. The van der Waals surface area contributed by atoms with Crippen LogP contribution < -0.4 is 5.48 Å². The quantitative estimate of drug-likeness (QED) is 0.511. The summed E-state index contributed by atoms with van der Waals surface area (Å²) >= 11 is 1.53. The molecule has 1 saturated heterocycles. The van der Waals surface area contributed by atoms with Crippen molar-refractivity contribution in [1.82, 2.24) is 15.4 Å². The molecule has 3 N–H and O–H groups in total. The molecule has 0 aliphatic carbocycles. The Bertz CT molecular complexity index is 577. The van der Waals surface area contributed by atoms with Gasteiger partial charge in [-0.3, -0.25) is 14.8 Å². The Morgan fingerprint density at radius 1 is 1.54 bits per heavy atom. The molecule has 0 saturated carbocycles. The lowest BCUT2D eigenvalue weighted by Gasteiger charge is -2.29. The van der Waals surface area contributed by atoms with Gasteiger partial charge in [0.15, 0.2) is 0 Å². The predicted octanol–water partition coefficient (Wildman–Crippen LogP) is 1.79. The monoisotopic (exact) mass is 355 g/mol. The van der Waals surface area contributed by atoms with Crippen molar-refractivity contribution < 1.29 is 19.9 Å². The van der Waals surface area contributed by atoms with Crippen molar-refractivity contribution in [2.24, 2.45) is 5.92 Å². The summed E-state index contributed by atoms with van der Waals surface area (Å²) in [5, 5.41) is 21.8. The van der Waals surface area contributed by atoms with Crippen LogP contribution in [-0.4, -0.2) is 44.7 Å². The van der Waals surface area contributed by atoms with Crippen molar-refractivity contribution in [3.63, 3.8) is 0 Å². The summed E-state index contributed by atoms with van der Waals surface area (Å²) in [7, 11) is 0. The third-order valence-electron chi connectivity index (χ3n) is 4.40. The van der Waals surface area contributed by atoms with E-state index in [4.69, 9.17) is 5.21 Å². The number of hydrogen-bond donors (Lipinski definition) is 3. The van der Waals surface area contributed by atoms with E-state index in [1.807, 2.05) is 19.2 Å². The van der Waals surface area contributed by atoms with Crippen molar-refractivity contribution in [2.75, 3.05) is 6.54 Å². The number of aliphatic hydroxyl groups excluding tert-OH is 1. The summed E-state index contributed by atoms with van der Waals surface area (Å²) in [5.41, 5.74) is 2.37. The van der Waals surface area contributed by atoms with Crippen LogP contribution in [0.5, 0.6) is 0 Å². The van der Waals surface area contributed by atoms with Crippen LogP contribution in [0.15, 0.2) is 5.38 Å². The number of likely N-dealkylation sites (tertiary alicyclic amines) is 1. The zero-order chi connectivity index (χ0) is 17.7. The molecule has 8 heteroatoms. The van der Waals surface area contributed by atoms with E-state index in [-0.39, 0.29) is 11.9 Å². The van der Waals surface area contributed by atoms with Gasteiger partial charge in [0, 0.05) is 17.6 Å². The molecular formula is C16H25N3O4S. The van der Waals surface area contributed by atoms with Gasteiger partial charge in [-0.25, -0.2) is 10.5 Å². The third kappa shape index (κ3) is 4.12. The summed E-state index contributed by atoms with van der Waals surface area (Å²) in [6, 6.07) is -0.0929. The molecule has 1 aliphatic rings. The summed E-state index contributed by atoms with van der Waals surface area (Å²) < 4.78 is 0. The van der Waals surface area contributed by atoms with E-state index < -0.39 is 17.9 Å². The maximum absolute atomic E-state index is 13.0. The van der Waals surface area contributed by atoms with Gasteiger partial charge in [0.1, 0.15) is 11.1 Å². The number of aliphatic hydroxyl groups is 1. The Morgan fingerprint density at radius 3 is 2.88 bits per heavy atom. The van der Waals surface area contributed by atoms with Gasteiger partial charge in [-0.05, 0) is 26.2 Å². The lowest BCUT2D eigenvalue weighted by Crippen LogP contribution is -2.46. The molecule has 1 fully saturated rings. The van der Waals surface area contributed by atoms with Gasteiger partial charge in [0.2, 0.25) is 5.91 Å². The van der Waals surface area contributed by atoms with E-state index >= 15 is 0 Å². The molecule has 3 atom stereocenters. The minimum atomic E-state index is -1.55. The molecule has 1 aliphatic heterocycles. The van der Waals surface area contributed by atoms with E-state index in [2.05, 4.69) is 4.98 Å². The highest BCUT2D eigenvalue weighted by molar-refractivity contribution is 7.09. The number of nitrogens with one attached hydrogen (secondary N) is 1. The Morgan fingerprint density at radius 2 is 2.29 bits per heavy atom. The first-order chi connectivity index (χ1) is 11.5. The first kappa shape index (κ1) is 18.8. The van der Waals surface area contributed by atoms with Crippen LogP contribution in [0.25, 0.3) is 0 Å². The highest BCUT2D eigenvalue weighted by Crippen LogP contribution is 2.35. The largest absolute Gasteiger partial charge is 0.382 e. The van der Waals surface area contributed by atoms with Crippen LogP contribution >= 0.6 is 11.3 Å². The summed E-state index contributed by atoms with van der Waals surface area (Å²) in [5.74, 6) is -2.03. The molecule has 0 radical (unpaired) electrons. The number of thiazole rings is 1. The zero-order valence-electron chi connectivity index (χ0n) is 14.1. The Kier molecular flexibility index (Phi) is 6.70. The Balaban J connectivity index is 2.18. The molecule has 2 amide bonds. The first-order valence-corrected chi connectivity index (χ1v) is 9.22. The number of carbonyl (C=O) groups is 2. The summed E-state index contributed by atoms with van der Waals surface area (Å²) in [4.78, 5) is 30.8. The van der Waals surface area contributed by atoms with Crippen LogP contribution in [-0.2, 0) is 9.59 Å². The topological polar surface area (TPSA) is 103 Å². The molecule has 0 bridgehead atoms. The second-order valence-corrected chi connectivity index (χ2v) is 7.08. The van der Waals surface area contributed by atoms with Crippen molar-refractivity contribution in [1.29, 1.82) is 0 Å². The van der Waals surface area contributed by atoms with Crippen LogP contribution in [0, 0.1) is 12.8 Å². The molecule has 0 spiro atoms. The number of carbonyl (C=O) groups excluding carboxylic acids is 2. The minimum Gasteiger partial charge on any atom is -0.382 e. The molecule has 0 aromatic carbocycles. The standard InChI is InChI=1S/C16H25N3O4S/c1-3-4-6-11(13(20)14(21)18-23)16(22)19-8-5-7-12(19)15-17-10(2)9-24-15/h9,11-13,20,23H,3-8H2,1-2H3,(H,18,21)/t11-,12+,13+/m1/s1. The van der Waals surface area contributed by atoms with E-state index in [0.717, 1.165) is 36.4 Å². The van der Waals surface area contributed by atoms with Gasteiger partial charge in [-0.15, -0.1) is 11.3 Å². The van der Waals surface area contributed by atoms with Gasteiger partial charge < -0.3 is 10.0 Å². The fraction of sp³-hybridized carbons (Fsp3) is 0.688. The van der Waals surface area contributed by atoms with Gasteiger partial charge >= 0.3 is 0 Å². The lowest BCUT2D eigenvalue weighted by molar-refractivity contribution is -0.151. The highest BCUT2D eigenvalue weighted by Gasteiger charge is 2.39. The molecule has 1 aromatic rings. The lowest BCUT2D eigenvalue weighted by atomic mass is 9.93. The van der Waals surface area contributed by atoms with Crippen LogP contribution in [0.4, 0.5) is 0 Å². The number of unbranched alkanes of at least 4 members (excludes halogenated alkanes) is 1. The molecule has 2 rings (SSSR count). The Hall–Kier alpha value is -1.51. The van der Waals surface area contributed by atoms with Gasteiger partial charge in [0.05, 0.1) is 12.0 Å². The number of rotatable bonds is 7. The second-order valence-electron chi connectivity index (χ2n) is 6.19. The van der Waals surface area contributed by atoms with Crippen molar-refractivity contribution in [3.05, 3.63) is 16.1 Å². The molecule has 0 unspecified atom stereocenters. The number of aryl methyl sites for hydroxylation is 1. The van der Waals surface area contributed by atoms with E-state index in [9.17, 15) is 14.7 Å². The molecule has 2 heterocycles. The van der Waals surface area contributed by atoms with Crippen LogP contribution in [0.2, 0.25) is 0 Å². The second kappa shape index (κ2) is 8.55. The highest BCUT2D eigenvalue weighted by atomic mass is 32.1. The van der Waals surface area contributed by atoms with E-state index in [1.54, 1.807) is 4.90 Å². The van der Waals surface area contributed by atoms with Gasteiger partial charge in [0.25, 0.3) is 5.91 Å². The Labute approximate surface area is 145 Å². The van der Waals surface area contributed by atoms with Crippen molar-refractivity contribution in [3.8, 4) is 0 Å². The smallest absolute Gasteiger partial charge is 0.272 e. The average molecular weight is 355 g/mol. The molecule has 134 valence electrons. The summed E-state index contributed by atoms with van der Waals surface area (Å²) in [6.45, 7) is 4.50. The predicted molar refractivity (Wildman–Crippen MR) is 89.5 cm³/mol. The van der Waals surface area contributed by atoms with Crippen LogP contribution in [0.3, 0.4) is 0 Å². The number of nitrogens with zero attached hydrogens (tertiary/aromatic N) is 2. The minimum absolute atomic E-state index is 0.0929. The molecule has 24 heavy (non-hydrogen) atoms. The van der Waals surface area contributed by atoms with Crippen molar-refractivity contribution in [2.45, 2.75) is 58.1 Å².